The normalized spacial score (nSPS) is 15.4. The van der Waals surface area contributed by atoms with Crippen molar-refractivity contribution in [1.29, 1.82) is 0 Å². The van der Waals surface area contributed by atoms with Crippen molar-refractivity contribution in [3.05, 3.63) is 33.8 Å². The monoisotopic (exact) mass is 315 g/mol. The number of rotatable bonds is 7. The Balaban J connectivity index is 2.00. The van der Waals surface area contributed by atoms with Gasteiger partial charge in [-0.05, 0) is 37.5 Å². The van der Waals surface area contributed by atoms with E-state index in [0.717, 1.165) is 19.4 Å². The molecule has 1 aliphatic carbocycles. The summed E-state index contributed by atoms with van der Waals surface area (Å²) in [5.41, 5.74) is 0.590. The highest BCUT2D eigenvalue weighted by Gasteiger charge is 2.26. The molecule has 0 amide bonds. The van der Waals surface area contributed by atoms with E-state index in [1.165, 1.54) is 6.42 Å². The molecule has 1 aromatic rings. The molecule has 2 rings (SSSR count). The first-order valence-electron chi connectivity index (χ1n) is 6.95. The summed E-state index contributed by atoms with van der Waals surface area (Å²) >= 11 is 11.8. The van der Waals surface area contributed by atoms with Crippen LogP contribution in [-0.2, 0) is 0 Å². The Labute approximate surface area is 129 Å². The molecule has 1 saturated carbocycles. The summed E-state index contributed by atoms with van der Waals surface area (Å²) in [5.74, 6) is 0.0495. The van der Waals surface area contributed by atoms with E-state index in [9.17, 15) is 4.79 Å². The van der Waals surface area contributed by atoms with Crippen LogP contribution in [0.3, 0.4) is 0 Å². The van der Waals surface area contributed by atoms with Crippen LogP contribution in [0.4, 0.5) is 0 Å². The van der Waals surface area contributed by atoms with Gasteiger partial charge in [-0.2, -0.15) is 0 Å². The van der Waals surface area contributed by atoms with Crippen molar-refractivity contribution in [2.75, 3.05) is 19.7 Å². The van der Waals surface area contributed by atoms with Gasteiger partial charge in [0.15, 0.2) is 5.78 Å². The summed E-state index contributed by atoms with van der Waals surface area (Å²) in [6.45, 7) is 1.29. The summed E-state index contributed by atoms with van der Waals surface area (Å²) < 4.78 is 0. The van der Waals surface area contributed by atoms with E-state index < -0.39 is 0 Å². The number of nitrogens with zero attached hydrogens (tertiary/aromatic N) is 1. The number of hydrogen-bond donors (Lipinski definition) is 1. The van der Waals surface area contributed by atoms with E-state index in [1.54, 1.807) is 18.2 Å². The fourth-order valence-electron chi connectivity index (χ4n) is 2.36. The van der Waals surface area contributed by atoms with E-state index >= 15 is 0 Å². The van der Waals surface area contributed by atoms with Crippen molar-refractivity contribution in [1.82, 2.24) is 4.90 Å². The molecule has 0 aromatic heterocycles. The molecule has 0 bridgehead atoms. The van der Waals surface area contributed by atoms with Crippen molar-refractivity contribution >= 4 is 29.0 Å². The molecular formula is C15H19Cl2NO2. The van der Waals surface area contributed by atoms with Crippen molar-refractivity contribution in [2.24, 2.45) is 0 Å². The SMILES string of the molecule is O=C(CN(CCCO)C1CCC1)c1ccc(Cl)c(Cl)c1. The molecule has 0 aliphatic heterocycles. The summed E-state index contributed by atoms with van der Waals surface area (Å²) in [4.78, 5) is 14.5. The average molecular weight is 316 g/mol. The maximum Gasteiger partial charge on any atom is 0.176 e. The maximum atomic E-state index is 12.3. The molecule has 1 fully saturated rings. The molecule has 1 aliphatic rings. The predicted molar refractivity (Wildman–Crippen MR) is 81.7 cm³/mol. The van der Waals surface area contributed by atoms with E-state index in [0.29, 0.717) is 34.6 Å². The van der Waals surface area contributed by atoms with Gasteiger partial charge in [0.05, 0.1) is 16.6 Å². The van der Waals surface area contributed by atoms with Crippen LogP contribution in [0, 0.1) is 0 Å². The Morgan fingerprint density at radius 3 is 2.60 bits per heavy atom. The second kappa shape index (κ2) is 7.41. The first-order valence-corrected chi connectivity index (χ1v) is 7.70. The van der Waals surface area contributed by atoms with Crippen molar-refractivity contribution < 1.29 is 9.90 Å². The van der Waals surface area contributed by atoms with Gasteiger partial charge in [0.1, 0.15) is 0 Å². The first-order chi connectivity index (χ1) is 9.61. The minimum atomic E-state index is 0.0495. The van der Waals surface area contributed by atoms with Crippen LogP contribution in [0.15, 0.2) is 18.2 Å². The van der Waals surface area contributed by atoms with Crippen LogP contribution < -0.4 is 0 Å². The van der Waals surface area contributed by atoms with Crippen molar-refractivity contribution in [2.45, 2.75) is 31.7 Å². The fourth-order valence-corrected chi connectivity index (χ4v) is 2.66. The van der Waals surface area contributed by atoms with Gasteiger partial charge in [0, 0.05) is 24.8 Å². The van der Waals surface area contributed by atoms with Crippen LogP contribution >= 0.6 is 23.2 Å². The lowest BCUT2D eigenvalue weighted by Crippen LogP contribution is -2.43. The Bertz CT molecular complexity index is 475. The van der Waals surface area contributed by atoms with Gasteiger partial charge in [-0.25, -0.2) is 0 Å². The molecule has 0 heterocycles. The van der Waals surface area contributed by atoms with Gasteiger partial charge in [-0.3, -0.25) is 9.69 Å². The number of aliphatic hydroxyl groups is 1. The molecule has 0 saturated heterocycles. The molecule has 0 spiro atoms. The lowest BCUT2D eigenvalue weighted by atomic mass is 9.91. The third-order valence-electron chi connectivity index (χ3n) is 3.78. The van der Waals surface area contributed by atoms with E-state index in [-0.39, 0.29) is 12.4 Å². The van der Waals surface area contributed by atoms with E-state index in [2.05, 4.69) is 4.90 Å². The van der Waals surface area contributed by atoms with Crippen LogP contribution in [0.5, 0.6) is 0 Å². The summed E-state index contributed by atoms with van der Waals surface area (Å²) in [6, 6.07) is 5.46. The minimum Gasteiger partial charge on any atom is -0.396 e. The molecule has 110 valence electrons. The molecule has 0 radical (unpaired) electrons. The van der Waals surface area contributed by atoms with E-state index in [4.69, 9.17) is 28.3 Å². The topological polar surface area (TPSA) is 40.5 Å². The van der Waals surface area contributed by atoms with Crippen LogP contribution in [-0.4, -0.2) is 41.5 Å². The van der Waals surface area contributed by atoms with Gasteiger partial charge in [-0.15, -0.1) is 0 Å². The van der Waals surface area contributed by atoms with Crippen molar-refractivity contribution in [3.63, 3.8) is 0 Å². The first kappa shape index (κ1) is 15.8. The van der Waals surface area contributed by atoms with Crippen LogP contribution in [0.2, 0.25) is 10.0 Å². The van der Waals surface area contributed by atoms with Crippen molar-refractivity contribution in [3.8, 4) is 0 Å². The van der Waals surface area contributed by atoms with Crippen LogP contribution in [0.1, 0.15) is 36.0 Å². The highest BCUT2D eigenvalue weighted by molar-refractivity contribution is 6.42. The molecule has 1 N–H and O–H groups in total. The molecule has 3 nitrogen and oxygen atoms in total. The summed E-state index contributed by atoms with van der Waals surface area (Å²) in [7, 11) is 0. The quantitative estimate of drug-likeness (QED) is 0.784. The Hall–Kier alpha value is -0.610. The molecule has 20 heavy (non-hydrogen) atoms. The standard InChI is InChI=1S/C15H19Cl2NO2/c16-13-6-5-11(9-14(13)17)15(20)10-18(7-2-8-19)12-3-1-4-12/h5-6,9,12,19H,1-4,7-8,10H2. The maximum absolute atomic E-state index is 12.3. The molecule has 0 atom stereocenters. The number of aliphatic hydroxyl groups excluding tert-OH is 1. The lowest BCUT2D eigenvalue weighted by Gasteiger charge is -2.37. The van der Waals surface area contributed by atoms with Gasteiger partial charge < -0.3 is 5.11 Å². The Morgan fingerprint density at radius 2 is 2.05 bits per heavy atom. The molecular weight excluding hydrogens is 297 g/mol. The lowest BCUT2D eigenvalue weighted by molar-refractivity contribution is 0.0788. The fraction of sp³-hybridized carbons (Fsp3) is 0.533. The highest BCUT2D eigenvalue weighted by Crippen LogP contribution is 2.26. The smallest absolute Gasteiger partial charge is 0.176 e. The third kappa shape index (κ3) is 3.95. The summed E-state index contributed by atoms with van der Waals surface area (Å²) in [6.07, 6.45) is 4.20. The zero-order valence-corrected chi connectivity index (χ0v) is 12.8. The predicted octanol–water partition coefficient (Wildman–Crippen LogP) is 3.41. The Morgan fingerprint density at radius 1 is 1.30 bits per heavy atom. The van der Waals surface area contributed by atoms with Gasteiger partial charge in [-0.1, -0.05) is 29.6 Å². The number of Topliss-reactive ketones (excluding diaryl/α,β-unsaturated/α-hetero) is 1. The zero-order chi connectivity index (χ0) is 14.5. The highest BCUT2D eigenvalue weighted by atomic mass is 35.5. The second-order valence-corrected chi connectivity index (χ2v) is 6.00. The molecule has 5 heteroatoms. The largest absolute Gasteiger partial charge is 0.396 e. The summed E-state index contributed by atoms with van der Waals surface area (Å²) in [5, 5.41) is 9.83. The second-order valence-electron chi connectivity index (χ2n) is 5.18. The van der Waals surface area contributed by atoms with Gasteiger partial charge >= 0.3 is 0 Å². The number of benzene rings is 1. The minimum absolute atomic E-state index is 0.0495. The van der Waals surface area contributed by atoms with Crippen LogP contribution in [0.25, 0.3) is 0 Å². The van der Waals surface area contributed by atoms with E-state index in [1.807, 2.05) is 0 Å². The average Bonchev–Trinajstić information content (AvgIpc) is 2.37. The Kier molecular flexibility index (Phi) is 5.85. The number of ketones is 1. The molecule has 1 aromatic carbocycles. The number of hydrogen-bond acceptors (Lipinski definition) is 3. The number of carbonyl (C=O) groups excluding carboxylic acids is 1. The van der Waals surface area contributed by atoms with Gasteiger partial charge in [0.25, 0.3) is 0 Å². The zero-order valence-electron chi connectivity index (χ0n) is 11.3. The third-order valence-corrected chi connectivity index (χ3v) is 4.52. The number of carbonyl (C=O) groups is 1. The van der Waals surface area contributed by atoms with Gasteiger partial charge in [0.2, 0.25) is 0 Å². The molecule has 0 unspecified atom stereocenters. The number of halogens is 2.